The Bertz CT molecular complexity index is 291. The summed E-state index contributed by atoms with van der Waals surface area (Å²) in [5.41, 5.74) is 1.28. The first-order valence-electron chi connectivity index (χ1n) is 4.76. The van der Waals surface area contributed by atoms with Crippen molar-refractivity contribution in [2.24, 2.45) is 0 Å². The highest BCUT2D eigenvalue weighted by atomic mass is 127. The topological polar surface area (TPSA) is 18.5 Å². The maximum Gasteiger partial charge on any atom is 0.164 e. The summed E-state index contributed by atoms with van der Waals surface area (Å²) in [6, 6.07) is 8.50. The van der Waals surface area contributed by atoms with Gasteiger partial charge in [0.15, 0.2) is 6.29 Å². The van der Waals surface area contributed by atoms with E-state index in [0.29, 0.717) is 5.92 Å². The second-order valence-electron chi connectivity index (χ2n) is 3.45. The Kier molecular flexibility index (Phi) is 3.41. The van der Waals surface area contributed by atoms with E-state index in [1.807, 2.05) is 0 Å². The van der Waals surface area contributed by atoms with Crippen LogP contribution in [0.25, 0.3) is 0 Å². The minimum atomic E-state index is -0.0601. The van der Waals surface area contributed by atoms with Gasteiger partial charge in [0.1, 0.15) is 0 Å². The fraction of sp³-hybridized carbons (Fsp3) is 0.455. The molecule has 2 rings (SSSR count). The normalized spacial score (nSPS) is 19.9. The van der Waals surface area contributed by atoms with Crippen molar-refractivity contribution in [3.05, 3.63) is 33.4 Å². The molecule has 0 aliphatic carbocycles. The van der Waals surface area contributed by atoms with E-state index in [1.165, 1.54) is 9.13 Å². The molecule has 1 unspecified atom stereocenters. The smallest absolute Gasteiger partial charge is 0.164 e. The lowest BCUT2D eigenvalue weighted by molar-refractivity contribution is -0.0570. The third kappa shape index (κ3) is 2.27. The van der Waals surface area contributed by atoms with Gasteiger partial charge < -0.3 is 9.47 Å². The molecule has 1 aromatic carbocycles. The molecule has 1 aliphatic heterocycles. The Labute approximate surface area is 97.7 Å². The summed E-state index contributed by atoms with van der Waals surface area (Å²) in [4.78, 5) is 0. The molecule has 2 nitrogen and oxygen atoms in total. The molecule has 0 bridgehead atoms. The minimum Gasteiger partial charge on any atom is -0.350 e. The molecule has 1 saturated heterocycles. The quantitative estimate of drug-likeness (QED) is 0.782. The fourth-order valence-electron chi connectivity index (χ4n) is 1.59. The average molecular weight is 304 g/mol. The fourth-order valence-corrected chi connectivity index (χ4v) is 1.95. The second kappa shape index (κ2) is 4.59. The van der Waals surface area contributed by atoms with Crippen LogP contribution in [0.15, 0.2) is 24.3 Å². The Morgan fingerprint density at radius 1 is 1.21 bits per heavy atom. The summed E-state index contributed by atoms with van der Waals surface area (Å²) < 4.78 is 12.2. The largest absolute Gasteiger partial charge is 0.350 e. The molecular formula is C11H13IO2. The third-order valence-electron chi connectivity index (χ3n) is 2.45. The van der Waals surface area contributed by atoms with E-state index >= 15 is 0 Å². The molecule has 0 spiro atoms. The molecule has 76 valence electrons. The summed E-state index contributed by atoms with van der Waals surface area (Å²) in [6.45, 7) is 3.58. The summed E-state index contributed by atoms with van der Waals surface area (Å²) in [6.07, 6.45) is -0.0601. The van der Waals surface area contributed by atoms with Crippen molar-refractivity contribution < 1.29 is 9.47 Å². The number of halogens is 1. The van der Waals surface area contributed by atoms with Gasteiger partial charge in [-0.3, -0.25) is 0 Å². The van der Waals surface area contributed by atoms with Crippen LogP contribution in [-0.4, -0.2) is 19.5 Å². The number of rotatable bonds is 2. The Morgan fingerprint density at radius 3 is 2.36 bits per heavy atom. The molecule has 0 saturated carbocycles. The van der Waals surface area contributed by atoms with E-state index in [0.717, 1.165) is 13.2 Å². The molecule has 1 atom stereocenters. The van der Waals surface area contributed by atoms with Crippen LogP contribution in [0.3, 0.4) is 0 Å². The molecular weight excluding hydrogens is 291 g/mol. The van der Waals surface area contributed by atoms with Crippen molar-refractivity contribution in [2.75, 3.05) is 13.2 Å². The minimum absolute atomic E-state index is 0.0601. The highest BCUT2D eigenvalue weighted by molar-refractivity contribution is 14.1. The van der Waals surface area contributed by atoms with Crippen molar-refractivity contribution in [1.82, 2.24) is 0 Å². The van der Waals surface area contributed by atoms with Crippen LogP contribution in [0.5, 0.6) is 0 Å². The van der Waals surface area contributed by atoms with Crippen molar-refractivity contribution >= 4 is 22.6 Å². The highest BCUT2D eigenvalue weighted by Crippen LogP contribution is 2.25. The van der Waals surface area contributed by atoms with E-state index in [9.17, 15) is 0 Å². The van der Waals surface area contributed by atoms with Gasteiger partial charge in [-0.15, -0.1) is 0 Å². The van der Waals surface area contributed by atoms with Gasteiger partial charge in [-0.2, -0.15) is 0 Å². The maximum atomic E-state index is 5.48. The van der Waals surface area contributed by atoms with Crippen LogP contribution < -0.4 is 0 Å². The zero-order chi connectivity index (χ0) is 9.97. The van der Waals surface area contributed by atoms with Crippen LogP contribution in [0.4, 0.5) is 0 Å². The van der Waals surface area contributed by atoms with Gasteiger partial charge in [-0.1, -0.05) is 19.1 Å². The monoisotopic (exact) mass is 304 g/mol. The van der Waals surface area contributed by atoms with E-state index in [1.54, 1.807) is 0 Å². The third-order valence-corrected chi connectivity index (χ3v) is 3.17. The lowest BCUT2D eigenvalue weighted by Gasteiger charge is -2.17. The molecule has 1 heterocycles. The Balaban J connectivity index is 2.09. The van der Waals surface area contributed by atoms with Crippen molar-refractivity contribution in [1.29, 1.82) is 0 Å². The first kappa shape index (κ1) is 10.4. The molecule has 0 amide bonds. The van der Waals surface area contributed by atoms with E-state index in [2.05, 4.69) is 53.8 Å². The number of ether oxygens (including phenoxy) is 2. The molecule has 0 N–H and O–H groups in total. The van der Waals surface area contributed by atoms with Gasteiger partial charge in [0.2, 0.25) is 0 Å². The average Bonchev–Trinajstić information content (AvgIpc) is 2.71. The number of hydrogen-bond acceptors (Lipinski definition) is 2. The molecule has 0 aromatic heterocycles. The molecule has 1 aliphatic rings. The van der Waals surface area contributed by atoms with E-state index in [-0.39, 0.29) is 6.29 Å². The summed E-state index contributed by atoms with van der Waals surface area (Å²) >= 11 is 2.31. The zero-order valence-corrected chi connectivity index (χ0v) is 10.2. The molecule has 1 fully saturated rings. The molecule has 1 aromatic rings. The van der Waals surface area contributed by atoms with Gasteiger partial charge in [0.05, 0.1) is 13.2 Å². The van der Waals surface area contributed by atoms with Crippen molar-refractivity contribution in [3.8, 4) is 0 Å². The van der Waals surface area contributed by atoms with Crippen LogP contribution in [0.2, 0.25) is 0 Å². The molecule has 0 radical (unpaired) electrons. The lowest BCUT2D eigenvalue weighted by Crippen LogP contribution is -2.16. The predicted molar refractivity (Wildman–Crippen MR) is 63.3 cm³/mol. The molecule has 3 heteroatoms. The number of hydrogen-bond donors (Lipinski definition) is 0. The lowest BCUT2D eigenvalue weighted by atomic mass is 10.0. The SMILES string of the molecule is CC(c1ccc(I)cc1)C1OCCO1. The maximum absolute atomic E-state index is 5.48. The Morgan fingerprint density at radius 2 is 1.79 bits per heavy atom. The van der Waals surface area contributed by atoms with Gasteiger partial charge in [0, 0.05) is 9.49 Å². The first-order chi connectivity index (χ1) is 6.77. The van der Waals surface area contributed by atoms with Crippen LogP contribution in [0, 0.1) is 3.57 Å². The number of benzene rings is 1. The highest BCUT2D eigenvalue weighted by Gasteiger charge is 2.24. The van der Waals surface area contributed by atoms with Crippen LogP contribution >= 0.6 is 22.6 Å². The van der Waals surface area contributed by atoms with E-state index in [4.69, 9.17) is 9.47 Å². The predicted octanol–water partition coefficient (Wildman–Crippen LogP) is 2.77. The first-order valence-corrected chi connectivity index (χ1v) is 5.84. The summed E-state index contributed by atoms with van der Waals surface area (Å²) in [5, 5.41) is 0. The Hall–Kier alpha value is -0.130. The van der Waals surface area contributed by atoms with Crippen LogP contribution in [0.1, 0.15) is 18.4 Å². The van der Waals surface area contributed by atoms with Gasteiger partial charge in [-0.05, 0) is 40.3 Å². The summed E-state index contributed by atoms with van der Waals surface area (Å²) in [5.74, 6) is 0.314. The van der Waals surface area contributed by atoms with Gasteiger partial charge >= 0.3 is 0 Å². The van der Waals surface area contributed by atoms with Crippen LogP contribution in [-0.2, 0) is 9.47 Å². The zero-order valence-electron chi connectivity index (χ0n) is 8.07. The second-order valence-corrected chi connectivity index (χ2v) is 4.70. The van der Waals surface area contributed by atoms with Crippen molar-refractivity contribution in [3.63, 3.8) is 0 Å². The summed E-state index contributed by atoms with van der Waals surface area (Å²) in [7, 11) is 0. The van der Waals surface area contributed by atoms with E-state index < -0.39 is 0 Å². The van der Waals surface area contributed by atoms with Gasteiger partial charge in [0.25, 0.3) is 0 Å². The van der Waals surface area contributed by atoms with Crippen molar-refractivity contribution in [2.45, 2.75) is 19.1 Å². The van der Waals surface area contributed by atoms with Gasteiger partial charge in [-0.25, -0.2) is 0 Å². The molecule has 14 heavy (non-hydrogen) atoms. The standard InChI is InChI=1S/C11H13IO2/c1-8(11-13-6-7-14-11)9-2-4-10(12)5-3-9/h2-5,8,11H,6-7H2,1H3.